The summed E-state index contributed by atoms with van der Waals surface area (Å²) in [6.07, 6.45) is -0.826. The van der Waals surface area contributed by atoms with Gasteiger partial charge in [0.15, 0.2) is 0 Å². The zero-order valence-corrected chi connectivity index (χ0v) is 3.12. The van der Waals surface area contributed by atoms with Crippen LogP contribution < -0.4 is 5.54 Å². The summed E-state index contributed by atoms with van der Waals surface area (Å²) >= 11 is 0. The number of alkyl halides is 2. The quantitative estimate of drug-likeness (QED) is 0.316. The fraction of sp³-hybridized carbons (Fsp3) is 0.500. The third kappa shape index (κ3) is 2.16. The predicted molar refractivity (Wildman–Crippen MR) is 15.3 cm³/mol. The maximum absolute atomic E-state index is 11.0. The van der Waals surface area contributed by atoms with E-state index in [-0.39, 0.29) is 5.54 Å². The Morgan fingerprint density at radius 1 is 1.57 bits per heavy atom. The molecule has 5 heteroatoms. The number of rotatable bonds is 2. The van der Waals surface area contributed by atoms with Gasteiger partial charge in [-0.15, -0.1) is 4.48 Å². The fourth-order valence-corrected chi connectivity index (χ4v) is 0.0223. The fourth-order valence-electron chi connectivity index (χ4n) is 0.0223. The molecule has 42 valence electrons. The lowest BCUT2D eigenvalue weighted by molar-refractivity contribution is -0.142. The van der Waals surface area contributed by atoms with Crippen LogP contribution >= 0.6 is 0 Å². The summed E-state index contributed by atoms with van der Waals surface area (Å²) in [5.74, 6) is 0. The molecule has 0 atom stereocenters. The highest BCUT2D eigenvalue weighted by molar-refractivity contribution is 5.58. The van der Waals surface area contributed by atoms with Crippen LogP contribution in [0.25, 0.3) is 0 Å². The Bertz CT molecular complexity index is 73.3. The lowest BCUT2D eigenvalue weighted by Crippen LogP contribution is -2.31. The van der Waals surface area contributed by atoms with Crippen LogP contribution in [0.4, 0.5) is 13.3 Å². The molecule has 0 fully saturated rings. The first-order chi connectivity index (χ1) is 3.12. The van der Waals surface area contributed by atoms with Crippen LogP contribution in [0.15, 0.2) is 0 Å². The molecule has 0 amide bonds. The van der Waals surface area contributed by atoms with Crippen LogP contribution in [0, 0.1) is 0 Å². The molecule has 0 saturated carbocycles. The maximum atomic E-state index is 11.0. The third-order valence-electron chi connectivity index (χ3n) is 0.274. The molecule has 0 aromatic heterocycles. The highest BCUT2D eigenvalue weighted by Gasteiger charge is 2.26. The van der Waals surface area contributed by atoms with Crippen LogP contribution in [0.3, 0.4) is 0 Å². The summed E-state index contributed by atoms with van der Waals surface area (Å²) in [6.45, 7) is 0. The van der Waals surface area contributed by atoms with Gasteiger partial charge in [0.05, 0.1) is 0 Å². The monoisotopic (exact) mass is 113 g/mol. The van der Waals surface area contributed by atoms with E-state index in [2.05, 4.69) is 0 Å². The van der Waals surface area contributed by atoms with Gasteiger partial charge in [-0.25, -0.2) is 0 Å². The molecular weight excluding hydrogens is 111 g/mol. The van der Waals surface area contributed by atoms with Crippen molar-refractivity contribution in [2.75, 3.05) is 0 Å². The minimum Gasteiger partial charge on any atom is -0.295 e. The molecule has 0 spiro atoms. The summed E-state index contributed by atoms with van der Waals surface area (Å²) in [5, 5.41) is 0. The second-order valence-corrected chi connectivity index (χ2v) is 0.835. The van der Waals surface area contributed by atoms with Gasteiger partial charge in [-0.1, -0.05) is 5.54 Å². The Labute approximate surface area is 37.2 Å². The van der Waals surface area contributed by atoms with Crippen molar-refractivity contribution < 1.29 is 18.1 Å². The molecule has 0 aromatic carbocycles. The number of carbonyl (C=O) groups is 1. The molecule has 0 aromatic rings. The molecule has 0 heterocycles. The Kier molecular flexibility index (Phi) is 1.76. The van der Waals surface area contributed by atoms with E-state index in [1.807, 2.05) is 0 Å². The highest BCUT2D eigenvalue weighted by Crippen LogP contribution is 2.02. The van der Waals surface area contributed by atoms with Crippen molar-refractivity contribution in [2.45, 2.75) is 6.05 Å². The van der Waals surface area contributed by atoms with Crippen LogP contribution in [-0.2, 0) is 4.79 Å². The van der Waals surface area contributed by atoms with E-state index in [9.17, 15) is 13.3 Å². The molecule has 0 radical (unpaired) electrons. The molecule has 0 bridgehead atoms. The van der Waals surface area contributed by atoms with Crippen LogP contribution in [-0.4, -0.2) is 12.3 Å². The van der Waals surface area contributed by atoms with E-state index in [0.717, 1.165) is 0 Å². The number of halogens is 3. The second kappa shape index (κ2) is 1.92. The van der Waals surface area contributed by atoms with Crippen molar-refractivity contribution in [3.63, 3.8) is 0 Å². The van der Waals surface area contributed by atoms with Gasteiger partial charge in [0, 0.05) is 0 Å². The van der Waals surface area contributed by atoms with Gasteiger partial charge >= 0.3 is 6.05 Å². The van der Waals surface area contributed by atoms with Gasteiger partial charge in [0.25, 0.3) is 0 Å². The van der Waals surface area contributed by atoms with Gasteiger partial charge in [0.2, 0.25) is 6.29 Å². The Balaban J connectivity index is 3.58. The van der Waals surface area contributed by atoms with E-state index in [1.165, 1.54) is 0 Å². The van der Waals surface area contributed by atoms with Gasteiger partial charge in [-0.05, 0) is 0 Å². The summed E-state index contributed by atoms with van der Waals surface area (Å²) in [5.41, 5.74) is -0.0104. The van der Waals surface area contributed by atoms with E-state index in [4.69, 9.17) is 4.79 Å². The van der Waals surface area contributed by atoms with E-state index >= 15 is 0 Å². The number of nitrogens with one attached hydrogen (secondary N) is 1. The van der Waals surface area contributed by atoms with Crippen molar-refractivity contribution in [3.8, 4) is 0 Å². The molecule has 2 nitrogen and oxygen atoms in total. The van der Waals surface area contributed by atoms with Crippen LogP contribution in [0.2, 0.25) is 0 Å². The van der Waals surface area contributed by atoms with Gasteiger partial charge < -0.3 is 0 Å². The standard InChI is InChI=1S/C2H2F3NO/c3-2(4,1-7)6-5/h1,6H. The average Bonchev–Trinajstić information content (AvgIpc) is 1.68. The summed E-state index contributed by atoms with van der Waals surface area (Å²) in [7, 11) is 0. The molecule has 0 aliphatic rings. The van der Waals surface area contributed by atoms with Crippen LogP contribution in [0.1, 0.15) is 0 Å². The van der Waals surface area contributed by atoms with Gasteiger partial charge in [0.1, 0.15) is 0 Å². The number of hydrogen-bond donors (Lipinski definition) is 1. The average molecular weight is 113 g/mol. The largest absolute Gasteiger partial charge is 0.383 e. The first-order valence-corrected chi connectivity index (χ1v) is 1.34. The number of aldehydes is 1. The SMILES string of the molecule is O=CC(F)(F)NF. The lowest BCUT2D eigenvalue weighted by atomic mass is 10.7. The number of carbonyl (C=O) groups excluding carboxylic acids is 1. The predicted octanol–water partition coefficient (Wildman–Crippen LogP) is 0.252. The second-order valence-electron chi connectivity index (χ2n) is 0.835. The normalized spacial score (nSPS) is 11.3. The Morgan fingerprint density at radius 2 is 2.00 bits per heavy atom. The van der Waals surface area contributed by atoms with Crippen molar-refractivity contribution in [1.29, 1.82) is 0 Å². The first-order valence-electron chi connectivity index (χ1n) is 1.34. The molecule has 0 unspecified atom stereocenters. The zero-order chi connectivity index (χ0) is 5.91. The molecule has 1 N–H and O–H groups in total. The third-order valence-corrected chi connectivity index (χ3v) is 0.274. The molecule has 0 rings (SSSR count). The minimum atomic E-state index is -4.01. The van der Waals surface area contributed by atoms with E-state index in [0.29, 0.717) is 0 Å². The van der Waals surface area contributed by atoms with Gasteiger partial charge in [-0.2, -0.15) is 8.78 Å². The molecule has 0 aliphatic carbocycles. The number of hydrogen-bond acceptors (Lipinski definition) is 2. The highest BCUT2D eigenvalue weighted by atomic mass is 19.3. The topological polar surface area (TPSA) is 29.1 Å². The van der Waals surface area contributed by atoms with Crippen LogP contribution in [0.5, 0.6) is 0 Å². The summed E-state index contributed by atoms with van der Waals surface area (Å²) in [6, 6.07) is -4.01. The van der Waals surface area contributed by atoms with Crippen molar-refractivity contribution >= 4 is 6.29 Å². The summed E-state index contributed by atoms with van der Waals surface area (Å²) < 4.78 is 32.6. The molecule has 7 heavy (non-hydrogen) atoms. The van der Waals surface area contributed by atoms with Crippen molar-refractivity contribution in [3.05, 3.63) is 0 Å². The molecule has 0 aliphatic heterocycles. The van der Waals surface area contributed by atoms with Gasteiger partial charge in [-0.3, -0.25) is 4.79 Å². The Morgan fingerprint density at radius 3 is 2.00 bits per heavy atom. The van der Waals surface area contributed by atoms with Crippen molar-refractivity contribution in [2.24, 2.45) is 0 Å². The smallest absolute Gasteiger partial charge is 0.295 e. The van der Waals surface area contributed by atoms with Crippen molar-refractivity contribution in [1.82, 2.24) is 5.54 Å². The minimum absolute atomic E-state index is 0.0104. The molecule has 0 saturated heterocycles. The molecular formula is C2H2F3NO. The van der Waals surface area contributed by atoms with E-state index in [1.54, 1.807) is 0 Å². The first kappa shape index (κ1) is 6.42. The Hall–Kier alpha value is -0.580. The maximum Gasteiger partial charge on any atom is 0.383 e. The summed E-state index contributed by atoms with van der Waals surface area (Å²) in [4.78, 5) is 9.01. The zero-order valence-electron chi connectivity index (χ0n) is 3.12. The van der Waals surface area contributed by atoms with E-state index < -0.39 is 12.3 Å². The lowest BCUT2D eigenvalue weighted by Gasteiger charge is -1.98.